The monoisotopic (exact) mass is 335 g/mol. The number of oxazole rings is 1. The van der Waals surface area contributed by atoms with Gasteiger partial charge in [0.25, 0.3) is 0 Å². The van der Waals surface area contributed by atoms with E-state index in [-0.39, 0.29) is 17.7 Å². The smallest absolute Gasteiger partial charge is 0.228 e. The molecule has 0 bridgehead atoms. The predicted molar refractivity (Wildman–Crippen MR) is 85.9 cm³/mol. The molecule has 1 unspecified atom stereocenters. The van der Waals surface area contributed by atoms with Crippen molar-refractivity contribution in [2.24, 2.45) is 11.8 Å². The summed E-state index contributed by atoms with van der Waals surface area (Å²) in [7, 11) is 1.60. The summed E-state index contributed by atoms with van der Waals surface area (Å²) in [6.07, 6.45) is 0.983. The number of rotatable bonds is 5. The van der Waals surface area contributed by atoms with Crippen LogP contribution in [0.5, 0.6) is 0 Å². The molecule has 1 aromatic heterocycles. The highest BCUT2D eigenvalue weighted by molar-refractivity contribution is 5.89. The van der Waals surface area contributed by atoms with Gasteiger partial charge in [0.1, 0.15) is 18.1 Å². The standard InChI is InChI=1S/C17H25N3O4/c1-11(2)7-20-8-12(6-16(20)21)17(22)19-5-4-14-13(9-19)18-15(24-14)10-23-3/h11-12H,4-10H2,1-3H3. The van der Waals surface area contributed by atoms with E-state index in [2.05, 4.69) is 18.8 Å². The predicted octanol–water partition coefficient (Wildman–Crippen LogP) is 1.21. The first kappa shape index (κ1) is 17.0. The highest BCUT2D eigenvalue weighted by atomic mass is 16.5. The average Bonchev–Trinajstić information content (AvgIpc) is 3.09. The first-order valence-corrected chi connectivity index (χ1v) is 8.51. The third-order valence-corrected chi connectivity index (χ3v) is 4.50. The van der Waals surface area contributed by atoms with Gasteiger partial charge in [0.05, 0.1) is 12.5 Å². The minimum absolute atomic E-state index is 0.0524. The number of carbonyl (C=O) groups excluding carboxylic acids is 2. The Morgan fingerprint density at radius 1 is 1.46 bits per heavy atom. The summed E-state index contributed by atoms with van der Waals surface area (Å²) in [4.78, 5) is 32.9. The van der Waals surface area contributed by atoms with Crippen molar-refractivity contribution in [3.05, 3.63) is 17.3 Å². The summed E-state index contributed by atoms with van der Waals surface area (Å²) < 4.78 is 10.7. The molecule has 3 heterocycles. The molecule has 1 saturated heterocycles. The lowest BCUT2D eigenvalue weighted by molar-refractivity contribution is -0.136. The van der Waals surface area contributed by atoms with Gasteiger partial charge < -0.3 is 19.0 Å². The van der Waals surface area contributed by atoms with Crippen LogP contribution in [0.1, 0.15) is 37.6 Å². The SMILES string of the molecule is COCc1nc2c(o1)CCN(C(=O)C1CC(=O)N(CC(C)C)C1)C2. The molecule has 1 aromatic rings. The van der Waals surface area contributed by atoms with Gasteiger partial charge in [0.2, 0.25) is 17.7 Å². The number of likely N-dealkylation sites (tertiary alicyclic amines) is 1. The Hall–Kier alpha value is -1.89. The van der Waals surface area contributed by atoms with E-state index >= 15 is 0 Å². The molecule has 0 saturated carbocycles. The van der Waals surface area contributed by atoms with Crippen molar-refractivity contribution >= 4 is 11.8 Å². The first-order chi connectivity index (χ1) is 11.5. The van der Waals surface area contributed by atoms with E-state index in [0.29, 0.717) is 50.9 Å². The number of ether oxygens (including phenoxy) is 1. The van der Waals surface area contributed by atoms with Gasteiger partial charge in [0.15, 0.2) is 0 Å². The Morgan fingerprint density at radius 3 is 2.96 bits per heavy atom. The number of aromatic nitrogens is 1. The Balaban J connectivity index is 1.63. The summed E-state index contributed by atoms with van der Waals surface area (Å²) in [6.45, 7) is 6.82. The Labute approximate surface area is 141 Å². The van der Waals surface area contributed by atoms with Gasteiger partial charge >= 0.3 is 0 Å². The number of nitrogens with zero attached hydrogens (tertiary/aromatic N) is 3. The Morgan fingerprint density at radius 2 is 2.25 bits per heavy atom. The van der Waals surface area contributed by atoms with Gasteiger partial charge in [-0.05, 0) is 5.92 Å². The second-order valence-corrected chi connectivity index (χ2v) is 7.01. The zero-order chi connectivity index (χ0) is 17.3. The summed E-state index contributed by atoms with van der Waals surface area (Å²) in [5.41, 5.74) is 0.810. The van der Waals surface area contributed by atoms with Gasteiger partial charge in [-0.1, -0.05) is 13.8 Å². The number of carbonyl (C=O) groups is 2. The van der Waals surface area contributed by atoms with E-state index in [9.17, 15) is 9.59 Å². The van der Waals surface area contributed by atoms with Crippen molar-refractivity contribution in [3.8, 4) is 0 Å². The zero-order valence-electron chi connectivity index (χ0n) is 14.6. The molecule has 132 valence electrons. The molecule has 2 aliphatic heterocycles. The molecule has 1 atom stereocenters. The quantitative estimate of drug-likeness (QED) is 0.808. The maximum absolute atomic E-state index is 12.8. The van der Waals surface area contributed by atoms with Crippen molar-refractivity contribution in [3.63, 3.8) is 0 Å². The largest absolute Gasteiger partial charge is 0.443 e. The minimum atomic E-state index is -0.233. The topological polar surface area (TPSA) is 75.9 Å². The van der Waals surface area contributed by atoms with E-state index in [1.807, 2.05) is 4.90 Å². The van der Waals surface area contributed by atoms with Gasteiger partial charge in [-0.25, -0.2) is 4.98 Å². The number of methoxy groups -OCH3 is 1. The molecule has 2 amide bonds. The third-order valence-electron chi connectivity index (χ3n) is 4.50. The second kappa shape index (κ2) is 6.93. The van der Waals surface area contributed by atoms with E-state index in [1.165, 1.54) is 0 Å². The molecular weight excluding hydrogens is 310 g/mol. The maximum Gasteiger partial charge on any atom is 0.228 e. The molecular formula is C17H25N3O4. The third kappa shape index (κ3) is 3.45. The number of hydrogen-bond acceptors (Lipinski definition) is 5. The van der Waals surface area contributed by atoms with E-state index < -0.39 is 0 Å². The van der Waals surface area contributed by atoms with Crippen LogP contribution in [-0.4, -0.2) is 53.3 Å². The van der Waals surface area contributed by atoms with Crippen LogP contribution >= 0.6 is 0 Å². The van der Waals surface area contributed by atoms with Crippen LogP contribution in [0.4, 0.5) is 0 Å². The molecule has 3 rings (SSSR count). The fraction of sp³-hybridized carbons (Fsp3) is 0.706. The molecule has 0 aliphatic carbocycles. The van der Waals surface area contributed by atoms with Crippen LogP contribution in [0.3, 0.4) is 0 Å². The lowest BCUT2D eigenvalue weighted by Crippen LogP contribution is -2.40. The van der Waals surface area contributed by atoms with Crippen molar-refractivity contribution in [1.82, 2.24) is 14.8 Å². The first-order valence-electron chi connectivity index (χ1n) is 8.51. The molecule has 1 fully saturated rings. The Kier molecular flexibility index (Phi) is 4.89. The molecule has 0 N–H and O–H groups in total. The maximum atomic E-state index is 12.8. The van der Waals surface area contributed by atoms with Crippen LogP contribution in [0.2, 0.25) is 0 Å². The molecule has 24 heavy (non-hydrogen) atoms. The molecule has 0 aromatic carbocycles. The number of fused-ring (bicyclic) bond motifs is 1. The minimum Gasteiger partial charge on any atom is -0.443 e. The molecule has 2 aliphatic rings. The van der Waals surface area contributed by atoms with Crippen LogP contribution in [0.25, 0.3) is 0 Å². The van der Waals surface area contributed by atoms with Crippen LogP contribution in [0.15, 0.2) is 4.42 Å². The fourth-order valence-corrected chi connectivity index (χ4v) is 3.44. The van der Waals surface area contributed by atoms with Crippen LogP contribution < -0.4 is 0 Å². The van der Waals surface area contributed by atoms with Gasteiger partial charge in [-0.3, -0.25) is 9.59 Å². The highest BCUT2D eigenvalue weighted by Crippen LogP contribution is 2.25. The van der Waals surface area contributed by atoms with Gasteiger partial charge in [-0.15, -0.1) is 0 Å². The normalized spacial score (nSPS) is 20.8. The summed E-state index contributed by atoms with van der Waals surface area (Å²) in [5, 5.41) is 0. The van der Waals surface area contributed by atoms with Crippen LogP contribution in [0, 0.1) is 11.8 Å². The lowest BCUT2D eigenvalue weighted by Gasteiger charge is -2.28. The van der Waals surface area contributed by atoms with Crippen molar-refractivity contribution < 1.29 is 18.7 Å². The summed E-state index contributed by atoms with van der Waals surface area (Å²) in [5.74, 6) is 1.71. The molecule has 7 heteroatoms. The van der Waals surface area contributed by atoms with E-state index in [0.717, 1.165) is 18.0 Å². The molecule has 7 nitrogen and oxygen atoms in total. The summed E-state index contributed by atoms with van der Waals surface area (Å²) in [6, 6.07) is 0. The van der Waals surface area contributed by atoms with Gasteiger partial charge in [-0.2, -0.15) is 0 Å². The Bertz CT molecular complexity index is 625. The second-order valence-electron chi connectivity index (χ2n) is 7.01. The van der Waals surface area contributed by atoms with Crippen molar-refractivity contribution in [1.29, 1.82) is 0 Å². The average molecular weight is 335 g/mol. The number of amides is 2. The van der Waals surface area contributed by atoms with E-state index in [1.54, 1.807) is 12.0 Å². The van der Waals surface area contributed by atoms with E-state index in [4.69, 9.17) is 9.15 Å². The van der Waals surface area contributed by atoms with Crippen LogP contribution in [-0.2, 0) is 33.9 Å². The van der Waals surface area contributed by atoms with Crippen molar-refractivity contribution in [2.45, 2.75) is 39.8 Å². The molecule has 0 radical (unpaired) electrons. The highest BCUT2D eigenvalue weighted by Gasteiger charge is 2.38. The zero-order valence-corrected chi connectivity index (χ0v) is 14.6. The van der Waals surface area contributed by atoms with Crippen molar-refractivity contribution in [2.75, 3.05) is 26.7 Å². The summed E-state index contributed by atoms with van der Waals surface area (Å²) >= 11 is 0. The lowest BCUT2D eigenvalue weighted by atomic mass is 10.0. The fourth-order valence-electron chi connectivity index (χ4n) is 3.44. The number of hydrogen-bond donors (Lipinski definition) is 0. The molecule has 0 spiro atoms. The van der Waals surface area contributed by atoms with Gasteiger partial charge in [0, 0.05) is 39.6 Å².